The molecule has 0 N–H and O–H groups in total. The normalized spacial score (nSPS) is 22.5. The van der Waals surface area contributed by atoms with Crippen molar-refractivity contribution in [2.24, 2.45) is 0 Å². The average Bonchev–Trinajstić information content (AvgIpc) is 2.99. The molecular weight excluding hydrogens is 308 g/mol. The summed E-state index contributed by atoms with van der Waals surface area (Å²) >= 11 is 6.65. The Hall–Kier alpha value is -1.15. The molecule has 3 heterocycles. The topological polar surface area (TPSA) is 45.9 Å². The first-order chi connectivity index (χ1) is 10.1. The van der Waals surface area contributed by atoms with E-state index < -0.39 is 0 Å². The van der Waals surface area contributed by atoms with Gasteiger partial charge in [-0.1, -0.05) is 24.0 Å². The number of carbonyl (C=O) groups excluding carboxylic acids is 1. The van der Waals surface area contributed by atoms with Crippen LogP contribution in [0.25, 0.3) is 6.08 Å². The van der Waals surface area contributed by atoms with Crippen LogP contribution in [-0.4, -0.2) is 53.0 Å². The van der Waals surface area contributed by atoms with Gasteiger partial charge in [-0.2, -0.15) is 0 Å². The maximum Gasteiger partial charge on any atom is 0.267 e. The number of morpholine rings is 1. The van der Waals surface area contributed by atoms with Gasteiger partial charge in [0.15, 0.2) is 0 Å². The molecule has 0 unspecified atom stereocenters. The van der Waals surface area contributed by atoms with Crippen LogP contribution >= 0.6 is 24.0 Å². The van der Waals surface area contributed by atoms with Crippen LogP contribution in [0.1, 0.15) is 11.5 Å². The number of hydrogen-bond donors (Lipinski definition) is 0. The van der Waals surface area contributed by atoms with Crippen molar-refractivity contribution in [1.29, 1.82) is 0 Å². The van der Waals surface area contributed by atoms with E-state index in [1.807, 2.05) is 19.1 Å². The molecule has 112 valence electrons. The van der Waals surface area contributed by atoms with Crippen LogP contribution in [-0.2, 0) is 9.53 Å². The van der Waals surface area contributed by atoms with E-state index in [0.29, 0.717) is 34.9 Å². The van der Waals surface area contributed by atoms with Crippen LogP contribution in [0.4, 0.5) is 0 Å². The second kappa shape index (κ2) is 6.31. The van der Waals surface area contributed by atoms with E-state index in [1.165, 1.54) is 11.8 Å². The quantitative estimate of drug-likeness (QED) is 0.627. The molecule has 0 atom stereocenters. The van der Waals surface area contributed by atoms with Crippen LogP contribution in [0.3, 0.4) is 0 Å². The zero-order valence-corrected chi connectivity index (χ0v) is 13.3. The van der Waals surface area contributed by atoms with Crippen LogP contribution < -0.4 is 0 Å². The van der Waals surface area contributed by atoms with Gasteiger partial charge in [-0.25, -0.2) is 0 Å². The molecule has 2 aliphatic rings. The summed E-state index contributed by atoms with van der Waals surface area (Å²) in [4.78, 5) is 16.9. The van der Waals surface area contributed by atoms with Crippen molar-refractivity contribution in [3.63, 3.8) is 0 Å². The molecule has 21 heavy (non-hydrogen) atoms. The Kier molecular flexibility index (Phi) is 4.44. The first-order valence-electron chi connectivity index (χ1n) is 6.75. The van der Waals surface area contributed by atoms with E-state index >= 15 is 0 Å². The Morgan fingerprint density at radius 1 is 1.38 bits per heavy atom. The molecule has 5 nitrogen and oxygen atoms in total. The number of hydrogen-bond acceptors (Lipinski definition) is 6. The van der Waals surface area contributed by atoms with Gasteiger partial charge in [0.25, 0.3) is 5.91 Å². The zero-order valence-electron chi connectivity index (χ0n) is 11.7. The molecule has 7 heteroatoms. The molecule has 3 rings (SSSR count). The molecule has 0 saturated carbocycles. The van der Waals surface area contributed by atoms with Gasteiger partial charge in [-0.15, -0.1) is 0 Å². The van der Waals surface area contributed by atoms with Gasteiger partial charge in [0.05, 0.1) is 24.8 Å². The molecule has 1 aromatic heterocycles. The Balaban J connectivity index is 1.71. The highest BCUT2D eigenvalue weighted by atomic mass is 32.2. The lowest BCUT2D eigenvalue weighted by Gasteiger charge is -2.29. The predicted octanol–water partition coefficient (Wildman–Crippen LogP) is 2.08. The van der Waals surface area contributed by atoms with Crippen molar-refractivity contribution in [3.05, 3.63) is 28.6 Å². The van der Waals surface area contributed by atoms with Crippen molar-refractivity contribution in [1.82, 2.24) is 9.80 Å². The van der Waals surface area contributed by atoms with E-state index in [9.17, 15) is 4.79 Å². The molecule has 0 aliphatic carbocycles. The minimum atomic E-state index is -0.0504. The molecular formula is C14H16N2O3S2. The predicted molar refractivity (Wildman–Crippen MR) is 85.7 cm³/mol. The van der Waals surface area contributed by atoms with Gasteiger partial charge >= 0.3 is 0 Å². The van der Waals surface area contributed by atoms with Crippen LogP contribution in [0.15, 0.2) is 21.5 Å². The van der Waals surface area contributed by atoms with Crippen LogP contribution in [0.5, 0.6) is 0 Å². The smallest absolute Gasteiger partial charge is 0.267 e. The molecule has 1 aromatic rings. The van der Waals surface area contributed by atoms with Crippen molar-refractivity contribution >= 4 is 40.3 Å². The lowest BCUT2D eigenvalue weighted by atomic mass is 10.3. The number of thiocarbonyl (C=S) groups is 1. The lowest BCUT2D eigenvalue weighted by Crippen LogP contribution is -2.45. The number of aryl methyl sites for hydroxylation is 1. The lowest BCUT2D eigenvalue weighted by molar-refractivity contribution is -0.124. The standard InChI is InChI=1S/C14H16N2O3S2/c1-10-2-3-11(19-10)8-12-13(17)16(14(20)21-12)9-15-4-6-18-7-5-15/h2-3,8H,4-7,9H2,1H3/b12-8-. The fourth-order valence-electron chi connectivity index (χ4n) is 2.22. The van der Waals surface area contributed by atoms with Gasteiger partial charge in [-0.3, -0.25) is 14.6 Å². The number of nitrogens with zero attached hydrogens (tertiary/aromatic N) is 2. The molecule has 0 bridgehead atoms. The van der Waals surface area contributed by atoms with E-state index in [0.717, 1.165) is 18.8 Å². The summed E-state index contributed by atoms with van der Waals surface area (Å²) in [5.74, 6) is 1.45. The minimum absolute atomic E-state index is 0.0504. The van der Waals surface area contributed by atoms with Gasteiger partial charge in [0.2, 0.25) is 0 Å². The number of carbonyl (C=O) groups is 1. The van der Waals surface area contributed by atoms with Gasteiger partial charge in [0, 0.05) is 19.2 Å². The van der Waals surface area contributed by atoms with Crippen molar-refractivity contribution in [2.45, 2.75) is 6.92 Å². The number of amides is 1. The summed E-state index contributed by atoms with van der Waals surface area (Å²) in [5, 5.41) is 0. The Labute approximate surface area is 132 Å². The van der Waals surface area contributed by atoms with Gasteiger partial charge in [0.1, 0.15) is 15.8 Å². The molecule has 1 amide bonds. The Bertz CT molecular complexity index is 591. The first-order valence-corrected chi connectivity index (χ1v) is 7.98. The monoisotopic (exact) mass is 324 g/mol. The third-order valence-electron chi connectivity index (χ3n) is 3.35. The second-order valence-electron chi connectivity index (χ2n) is 4.93. The first kappa shape index (κ1) is 14.8. The fraction of sp³-hybridized carbons (Fsp3) is 0.429. The highest BCUT2D eigenvalue weighted by molar-refractivity contribution is 8.26. The summed E-state index contributed by atoms with van der Waals surface area (Å²) in [6, 6.07) is 3.73. The number of ether oxygens (including phenoxy) is 1. The van der Waals surface area contributed by atoms with E-state index in [2.05, 4.69) is 4.90 Å². The van der Waals surface area contributed by atoms with Crippen molar-refractivity contribution in [2.75, 3.05) is 33.0 Å². The van der Waals surface area contributed by atoms with Crippen LogP contribution in [0, 0.1) is 6.92 Å². The summed E-state index contributed by atoms with van der Waals surface area (Å²) < 4.78 is 11.4. The van der Waals surface area contributed by atoms with E-state index in [1.54, 1.807) is 11.0 Å². The van der Waals surface area contributed by atoms with Gasteiger partial charge in [-0.05, 0) is 19.1 Å². The number of rotatable bonds is 3. The zero-order chi connectivity index (χ0) is 14.8. The Morgan fingerprint density at radius 3 is 2.81 bits per heavy atom. The SMILES string of the molecule is Cc1ccc(/C=C2\SC(=S)N(CN3CCOCC3)C2=O)o1. The molecule has 2 aliphatic heterocycles. The summed E-state index contributed by atoms with van der Waals surface area (Å²) in [6.45, 7) is 5.47. The maximum atomic E-state index is 12.5. The number of furan rings is 1. The Morgan fingerprint density at radius 2 is 2.14 bits per heavy atom. The third kappa shape index (κ3) is 3.37. The summed E-state index contributed by atoms with van der Waals surface area (Å²) in [5.41, 5.74) is 0. The fourth-order valence-corrected chi connectivity index (χ4v) is 3.45. The van der Waals surface area contributed by atoms with Gasteiger partial charge < -0.3 is 9.15 Å². The third-order valence-corrected chi connectivity index (χ3v) is 4.73. The minimum Gasteiger partial charge on any atom is -0.462 e. The van der Waals surface area contributed by atoms with Crippen molar-refractivity contribution in [3.8, 4) is 0 Å². The molecule has 0 spiro atoms. The number of thioether (sulfide) groups is 1. The van der Waals surface area contributed by atoms with Crippen molar-refractivity contribution < 1.29 is 13.9 Å². The molecule has 2 fully saturated rings. The highest BCUT2D eigenvalue weighted by Crippen LogP contribution is 2.32. The molecule has 0 aromatic carbocycles. The van der Waals surface area contributed by atoms with E-state index in [-0.39, 0.29) is 5.91 Å². The average molecular weight is 324 g/mol. The maximum absolute atomic E-state index is 12.5. The van der Waals surface area contributed by atoms with Crippen LogP contribution in [0.2, 0.25) is 0 Å². The summed E-state index contributed by atoms with van der Waals surface area (Å²) in [7, 11) is 0. The molecule has 0 radical (unpaired) electrons. The van der Waals surface area contributed by atoms with E-state index in [4.69, 9.17) is 21.4 Å². The second-order valence-corrected chi connectivity index (χ2v) is 6.61. The highest BCUT2D eigenvalue weighted by Gasteiger charge is 2.33. The summed E-state index contributed by atoms with van der Waals surface area (Å²) in [6.07, 6.45) is 1.76. The molecule has 2 saturated heterocycles. The largest absolute Gasteiger partial charge is 0.462 e.